The molecule has 2 N–H and O–H groups in total. The van der Waals surface area contributed by atoms with Crippen LogP contribution in [0.3, 0.4) is 0 Å². The third-order valence-electron chi connectivity index (χ3n) is 2.07. The van der Waals surface area contributed by atoms with E-state index in [1.807, 2.05) is 6.92 Å². The number of nitrogens with one attached hydrogen (secondary N) is 1. The number of ether oxygens (including phenoxy) is 1. The first-order valence-electron chi connectivity index (χ1n) is 5.92. The Labute approximate surface area is 94.2 Å². The molecule has 0 radical (unpaired) electrons. The molecule has 0 aliphatic carbocycles. The smallest absolute Gasteiger partial charge is 0.0669 e. The van der Waals surface area contributed by atoms with E-state index in [2.05, 4.69) is 26.1 Å². The summed E-state index contributed by atoms with van der Waals surface area (Å²) in [7, 11) is 0. The molecule has 1 unspecified atom stereocenters. The van der Waals surface area contributed by atoms with Crippen molar-refractivity contribution < 1.29 is 9.84 Å². The first-order valence-corrected chi connectivity index (χ1v) is 5.92. The zero-order valence-corrected chi connectivity index (χ0v) is 10.7. The van der Waals surface area contributed by atoms with Crippen LogP contribution < -0.4 is 5.32 Å². The molecule has 0 aromatic rings. The third kappa shape index (κ3) is 11.8. The van der Waals surface area contributed by atoms with Gasteiger partial charge in [0.15, 0.2) is 0 Å². The van der Waals surface area contributed by atoms with Crippen LogP contribution in [0.5, 0.6) is 0 Å². The lowest BCUT2D eigenvalue weighted by Crippen LogP contribution is -2.31. The standard InChI is InChI=1S/C12H27NO2/c1-5-15-8-6-7-13-10-11(14)9-12(2,3)4/h11,13-14H,5-10H2,1-4H3. The van der Waals surface area contributed by atoms with Gasteiger partial charge >= 0.3 is 0 Å². The van der Waals surface area contributed by atoms with Crippen LogP contribution in [0.15, 0.2) is 0 Å². The van der Waals surface area contributed by atoms with Gasteiger partial charge in [0.25, 0.3) is 0 Å². The Morgan fingerprint density at radius 3 is 2.53 bits per heavy atom. The molecule has 0 saturated carbocycles. The second kappa shape index (κ2) is 8.08. The van der Waals surface area contributed by atoms with Gasteiger partial charge in [-0.2, -0.15) is 0 Å². The highest BCUT2D eigenvalue weighted by atomic mass is 16.5. The topological polar surface area (TPSA) is 41.5 Å². The molecule has 0 bridgehead atoms. The maximum absolute atomic E-state index is 9.69. The molecule has 3 heteroatoms. The SMILES string of the molecule is CCOCCCNCC(O)CC(C)(C)C. The monoisotopic (exact) mass is 217 g/mol. The van der Waals surface area contributed by atoms with Gasteiger partial charge in [-0.05, 0) is 31.7 Å². The van der Waals surface area contributed by atoms with Gasteiger partial charge in [0.2, 0.25) is 0 Å². The molecule has 0 aromatic carbocycles. The van der Waals surface area contributed by atoms with E-state index < -0.39 is 0 Å². The predicted molar refractivity (Wildman–Crippen MR) is 64.1 cm³/mol. The highest BCUT2D eigenvalue weighted by molar-refractivity contribution is 4.69. The first kappa shape index (κ1) is 14.9. The predicted octanol–water partition coefficient (Wildman–Crippen LogP) is 1.80. The normalized spacial score (nSPS) is 14.2. The van der Waals surface area contributed by atoms with E-state index in [4.69, 9.17) is 4.74 Å². The van der Waals surface area contributed by atoms with Gasteiger partial charge in [0.05, 0.1) is 6.10 Å². The molecule has 0 fully saturated rings. The molecule has 0 aliphatic heterocycles. The van der Waals surface area contributed by atoms with E-state index in [-0.39, 0.29) is 11.5 Å². The molecule has 15 heavy (non-hydrogen) atoms. The minimum atomic E-state index is -0.239. The van der Waals surface area contributed by atoms with Gasteiger partial charge in [0.1, 0.15) is 0 Å². The van der Waals surface area contributed by atoms with Crippen molar-refractivity contribution in [2.45, 2.75) is 46.6 Å². The van der Waals surface area contributed by atoms with Gasteiger partial charge in [-0.25, -0.2) is 0 Å². The minimum Gasteiger partial charge on any atom is -0.392 e. The number of hydrogen-bond acceptors (Lipinski definition) is 3. The molecule has 1 atom stereocenters. The van der Waals surface area contributed by atoms with Crippen LogP contribution in [-0.2, 0) is 4.74 Å². The second-order valence-corrected chi connectivity index (χ2v) is 5.17. The van der Waals surface area contributed by atoms with Crippen molar-refractivity contribution in [1.82, 2.24) is 5.32 Å². The van der Waals surface area contributed by atoms with Crippen molar-refractivity contribution >= 4 is 0 Å². The molecule has 92 valence electrons. The molecule has 0 heterocycles. The number of hydrogen-bond donors (Lipinski definition) is 2. The molecule has 0 saturated heterocycles. The summed E-state index contributed by atoms with van der Waals surface area (Å²) in [5.41, 5.74) is 0.201. The van der Waals surface area contributed by atoms with Crippen LogP contribution in [0.25, 0.3) is 0 Å². The Bertz CT molecular complexity index is 143. The number of aliphatic hydroxyl groups is 1. The quantitative estimate of drug-likeness (QED) is 0.609. The fourth-order valence-corrected chi connectivity index (χ4v) is 1.49. The summed E-state index contributed by atoms with van der Waals surface area (Å²) in [6, 6.07) is 0. The van der Waals surface area contributed by atoms with E-state index in [1.165, 1.54) is 0 Å². The van der Waals surface area contributed by atoms with Crippen molar-refractivity contribution in [2.75, 3.05) is 26.3 Å². The molecule has 0 rings (SSSR count). The van der Waals surface area contributed by atoms with Gasteiger partial charge in [0, 0.05) is 19.8 Å². The second-order valence-electron chi connectivity index (χ2n) is 5.17. The summed E-state index contributed by atoms with van der Waals surface area (Å²) in [4.78, 5) is 0. The lowest BCUT2D eigenvalue weighted by Gasteiger charge is -2.22. The minimum absolute atomic E-state index is 0.201. The van der Waals surface area contributed by atoms with Crippen LogP contribution in [0, 0.1) is 5.41 Å². The maximum atomic E-state index is 9.69. The van der Waals surface area contributed by atoms with E-state index in [0.29, 0.717) is 6.54 Å². The third-order valence-corrected chi connectivity index (χ3v) is 2.07. The number of rotatable bonds is 8. The van der Waals surface area contributed by atoms with Gasteiger partial charge in [-0.3, -0.25) is 0 Å². The van der Waals surface area contributed by atoms with E-state index in [0.717, 1.165) is 32.6 Å². The Morgan fingerprint density at radius 1 is 1.33 bits per heavy atom. The molecule has 0 aromatic heterocycles. The van der Waals surface area contributed by atoms with E-state index in [1.54, 1.807) is 0 Å². The maximum Gasteiger partial charge on any atom is 0.0669 e. The highest BCUT2D eigenvalue weighted by Gasteiger charge is 2.15. The molecule has 0 amide bonds. The summed E-state index contributed by atoms with van der Waals surface area (Å²) in [5.74, 6) is 0. The number of aliphatic hydroxyl groups excluding tert-OH is 1. The van der Waals surface area contributed by atoms with E-state index >= 15 is 0 Å². The lowest BCUT2D eigenvalue weighted by molar-refractivity contribution is 0.116. The largest absolute Gasteiger partial charge is 0.392 e. The molecule has 0 spiro atoms. The first-order chi connectivity index (χ1) is 6.95. The summed E-state index contributed by atoms with van der Waals surface area (Å²) < 4.78 is 5.22. The zero-order valence-electron chi connectivity index (χ0n) is 10.7. The van der Waals surface area contributed by atoms with Gasteiger partial charge in [-0.15, -0.1) is 0 Å². The zero-order chi connectivity index (χ0) is 11.7. The van der Waals surface area contributed by atoms with Crippen LogP contribution in [0.2, 0.25) is 0 Å². The van der Waals surface area contributed by atoms with Crippen molar-refractivity contribution in [2.24, 2.45) is 5.41 Å². The fraction of sp³-hybridized carbons (Fsp3) is 1.00. The molecule has 0 aliphatic rings. The van der Waals surface area contributed by atoms with Crippen molar-refractivity contribution in [3.05, 3.63) is 0 Å². The van der Waals surface area contributed by atoms with Crippen LogP contribution >= 0.6 is 0 Å². The molecule has 3 nitrogen and oxygen atoms in total. The molecular weight excluding hydrogens is 190 g/mol. The summed E-state index contributed by atoms with van der Waals surface area (Å²) >= 11 is 0. The van der Waals surface area contributed by atoms with Crippen LogP contribution in [0.1, 0.15) is 40.5 Å². The Hall–Kier alpha value is -0.120. The summed E-state index contributed by atoms with van der Waals surface area (Å²) in [6.07, 6.45) is 1.61. The lowest BCUT2D eigenvalue weighted by atomic mass is 9.89. The average molecular weight is 217 g/mol. The Kier molecular flexibility index (Phi) is 8.02. The van der Waals surface area contributed by atoms with Crippen molar-refractivity contribution in [1.29, 1.82) is 0 Å². The van der Waals surface area contributed by atoms with Crippen LogP contribution in [0.4, 0.5) is 0 Å². The average Bonchev–Trinajstić information content (AvgIpc) is 2.08. The van der Waals surface area contributed by atoms with Crippen molar-refractivity contribution in [3.63, 3.8) is 0 Å². The summed E-state index contributed by atoms with van der Waals surface area (Å²) in [5, 5.41) is 12.9. The van der Waals surface area contributed by atoms with Crippen LogP contribution in [-0.4, -0.2) is 37.5 Å². The van der Waals surface area contributed by atoms with Gasteiger partial charge < -0.3 is 15.2 Å². The van der Waals surface area contributed by atoms with Gasteiger partial charge in [-0.1, -0.05) is 20.8 Å². The summed E-state index contributed by atoms with van der Waals surface area (Å²) in [6.45, 7) is 11.6. The highest BCUT2D eigenvalue weighted by Crippen LogP contribution is 2.20. The Morgan fingerprint density at radius 2 is 2.00 bits per heavy atom. The van der Waals surface area contributed by atoms with E-state index in [9.17, 15) is 5.11 Å². The van der Waals surface area contributed by atoms with Crippen molar-refractivity contribution in [3.8, 4) is 0 Å². The molecular formula is C12H27NO2. The fourth-order valence-electron chi connectivity index (χ4n) is 1.49. The Balaban J connectivity index is 3.28.